The Balaban J connectivity index is 2.47. The molecular formula is C15H20O3. The number of hydrogen-bond donors (Lipinski definition) is 1. The first kappa shape index (κ1) is 14.3. The molecule has 18 heavy (non-hydrogen) atoms. The predicted molar refractivity (Wildman–Crippen MR) is 72.2 cm³/mol. The van der Waals surface area contributed by atoms with E-state index in [4.69, 9.17) is 9.84 Å². The summed E-state index contributed by atoms with van der Waals surface area (Å²) in [5, 5.41) is 8.56. The first-order chi connectivity index (χ1) is 8.77. The molecule has 0 aliphatic heterocycles. The maximum atomic E-state index is 11.5. The van der Waals surface area contributed by atoms with E-state index < -0.39 is 0 Å². The number of benzene rings is 1. The van der Waals surface area contributed by atoms with Gasteiger partial charge < -0.3 is 9.84 Å². The number of unbranched alkanes of at least 4 members (excludes halogenated alkanes) is 3. The summed E-state index contributed by atoms with van der Waals surface area (Å²) in [7, 11) is 0. The highest BCUT2D eigenvalue weighted by Crippen LogP contribution is 2.15. The molecule has 0 saturated heterocycles. The Kier molecular flexibility index (Phi) is 6.62. The molecule has 0 spiro atoms. The molecular weight excluding hydrogens is 228 g/mol. The fourth-order valence-electron chi connectivity index (χ4n) is 1.62. The van der Waals surface area contributed by atoms with E-state index in [0.29, 0.717) is 17.9 Å². The SMILES string of the molecule is CCCCCCOc1cccc(C(=O)C=CO)c1. The van der Waals surface area contributed by atoms with Crippen LogP contribution in [0.3, 0.4) is 0 Å². The number of ether oxygens (including phenoxy) is 1. The zero-order valence-electron chi connectivity index (χ0n) is 10.8. The van der Waals surface area contributed by atoms with Crippen molar-refractivity contribution < 1.29 is 14.6 Å². The lowest BCUT2D eigenvalue weighted by molar-refractivity contribution is 0.104. The van der Waals surface area contributed by atoms with Crippen molar-refractivity contribution in [3.8, 4) is 5.75 Å². The standard InChI is InChI=1S/C15H20O3/c1-2-3-4-5-11-18-14-8-6-7-13(12-14)15(17)9-10-16/h6-10,12,16H,2-5,11H2,1H3. The van der Waals surface area contributed by atoms with Gasteiger partial charge in [-0.2, -0.15) is 0 Å². The van der Waals surface area contributed by atoms with E-state index in [1.807, 2.05) is 6.07 Å². The highest BCUT2D eigenvalue weighted by Gasteiger charge is 2.03. The second-order valence-corrected chi connectivity index (χ2v) is 4.12. The normalized spacial score (nSPS) is 10.7. The van der Waals surface area contributed by atoms with Gasteiger partial charge in [-0.05, 0) is 18.6 Å². The Labute approximate surface area is 108 Å². The third-order valence-corrected chi connectivity index (χ3v) is 2.61. The minimum absolute atomic E-state index is 0.228. The molecule has 3 heteroatoms. The predicted octanol–water partition coefficient (Wildman–Crippen LogP) is 3.90. The average molecular weight is 248 g/mol. The van der Waals surface area contributed by atoms with Crippen LogP contribution in [0.4, 0.5) is 0 Å². The Bertz CT molecular complexity index is 396. The molecule has 0 aliphatic rings. The molecule has 1 rings (SSSR count). The van der Waals surface area contributed by atoms with Crippen LogP contribution in [0.2, 0.25) is 0 Å². The van der Waals surface area contributed by atoms with E-state index in [-0.39, 0.29) is 5.78 Å². The fraction of sp³-hybridized carbons (Fsp3) is 0.400. The highest BCUT2D eigenvalue weighted by atomic mass is 16.5. The fourth-order valence-corrected chi connectivity index (χ4v) is 1.62. The molecule has 0 amide bonds. The minimum atomic E-state index is -0.228. The minimum Gasteiger partial charge on any atom is -0.515 e. The van der Waals surface area contributed by atoms with Crippen molar-refractivity contribution in [2.24, 2.45) is 0 Å². The van der Waals surface area contributed by atoms with Gasteiger partial charge in [0.1, 0.15) is 5.75 Å². The lowest BCUT2D eigenvalue weighted by atomic mass is 10.1. The first-order valence-electron chi connectivity index (χ1n) is 6.36. The van der Waals surface area contributed by atoms with Crippen LogP contribution >= 0.6 is 0 Å². The number of carbonyl (C=O) groups excluding carboxylic acids is 1. The van der Waals surface area contributed by atoms with E-state index in [0.717, 1.165) is 18.8 Å². The van der Waals surface area contributed by atoms with Gasteiger partial charge in [-0.25, -0.2) is 0 Å². The molecule has 98 valence electrons. The summed E-state index contributed by atoms with van der Waals surface area (Å²) in [6, 6.07) is 7.01. The van der Waals surface area contributed by atoms with Gasteiger partial charge in [0.15, 0.2) is 5.78 Å². The maximum absolute atomic E-state index is 11.5. The van der Waals surface area contributed by atoms with Crippen LogP contribution in [-0.4, -0.2) is 17.5 Å². The molecule has 3 nitrogen and oxygen atoms in total. The second kappa shape index (κ2) is 8.34. The van der Waals surface area contributed by atoms with E-state index in [9.17, 15) is 4.79 Å². The van der Waals surface area contributed by atoms with Crippen molar-refractivity contribution in [1.82, 2.24) is 0 Å². The van der Waals surface area contributed by atoms with Crippen LogP contribution in [-0.2, 0) is 0 Å². The maximum Gasteiger partial charge on any atom is 0.189 e. The van der Waals surface area contributed by atoms with Crippen LogP contribution in [0.25, 0.3) is 0 Å². The van der Waals surface area contributed by atoms with Crippen molar-refractivity contribution in [3.63, 3.8) is 0 Å². The monoisotopic (exact) mass is 248 g/mol. The van der Waals surface area contributed by atoms with Crippen molar-refractivity contribution in [3.05, 3.63) is 42.2 Å². The zero-order chi connectivity index (χ0) is 13.2. The molecule has 0 heterocycles. The number of rotatable bonds is 8. The van der Waals surface area contributed by atoms with E-state index in [2.05, 4.69) is 6.92 Å². The molecule has 0 aliphatic carbocycles. The summed E-state index contributed by atoms with van der Waals surface area (Å²) >= 11 is 0. The van der Waals surface area contributed by atoms with Crippen molar-refractivity contribution in [2.45, 2.75) is 32.6 Å². The second-order valence-electron chi connectivity index (χ2n) is 4.12. The molecule has 0 unspecified atom stereocenters. The van der Waals surface area contributed by atoms with Crippen LogP contribution in [0.1, 0.15) is 43.0 Å². The van der Waals surface area contributed by atoms with Crippen molar-refractivity contribution in [1.29, 1.82) is 0 Å². The molecule has 0 atom stereocenters. The third kappa shape index (κ3) is 5.04. The van der Waals surface area contributed by atoms with Crippen LogP contribution in [0, 0.1) is 0 Å². The Morgan fingerprint density at radius 1 is 1.33 bits per heavy atom. The lowest BCUT2D eigenvalue weighted by Crippen LogP contribution is -1.99. The highest BCUT2D eigenvalue weighted by molar-refractivity contribution is 6.04. The zero-order valence-corrected chi connectivity index (χ0v) is 10.8. The quantitative estimate of drug-likeness (QED) is 0.328. The lowest BCUT2D eigenvalue weighted by Gasteiger charge is -2.06. The van der Waals surface area contributed by atoms with E-state index in [1.165, 1.54) is 19.3 Å². The van der Waals surface area contributed by atoms with E-state index in [1.54, 1.807) is 18.2 Å². The van der Waals surface area contributed by atoms with Gasteiger partial charge in [-0.15, -0.1) is 0 Å². The van der Waals surface area contributed by atoms with Crippen molar-refractivity contribution >= 4 is 5.78 Å². The Hall–Kier alpha value is -1.77. The molecule has 0 aromatic heterocycles. The molecule has 0 radical (unpaired) electrons. The molecule has 1 N–H and O–H groups in total. The van der Waals surface area contributed by atoms with E-state index >= 15 is 0 Å². The number of carbonyl (C=O) groups is 1. The summed E-state index contributed by atoms with van der Waals surface area (Å²) in [5.74, 6) is 0.470. The Morgan fingerprint density at radius 2 is 2.17 bits per heavy atom. The molecule has 0 saturated carbocycles. The number of aliphatic hydroxyl groups is 1. The van der Waals surface area contributed by atoms with Gasteiger partial charge in [-0.3, -0.25) is 4.79 Å². The van der Waals surface area contributed by atoms with Crippen molar-refractivity contribution in [2.75, 3.05) is 6.61 Å². The largest absolute Gasteiger partial charge is 0.515 e. The summed E-state index contributed by atoms with van der Waals surface area (Å²) in [6.45, 7) is 2.85. The number of hydrogen-bond acceptors (Lipinski definition) is 3. The summed E-state index contributed by atoms with van der Waals surface area (Å²) < 4.78 is 5.58. The third-order valence-electron chi connectivity index (χ3n) is 2.61. The van der Waals surface area contributed by atoms with Crippen LogP contribution in [0.15, 0.2) is 36.6 Å². The molecule has 1 aromatic rings. The number of ketones is 1. The van der Waals surface area contributed by atoms with Gasteiger partial charge in [0.05, 0.1) is 12.9 Å². The summed E-state index contributed by atoms with van der Waals surface area (Å²) in [5.41, 5.74) is 0.520. The van der Waals surface area contributed by atoms with Gasteiger partial charge in [0.25, 0.3) is 0 Å². The summed E-state index contributed by atoms with van der Waals surface area (Å²) in [4.78, 5) is 11.5. The number of allylic oxidation sites excluding steroid dienone is 1. The van der Waals surface area contributed by atoms with Gasteiger partial charge in [0.2, 0.25) is 0 Å². The average Bonchev–Trinajstić information content (AvgIpc) is 2.39. The first-order valence-corrected chi connectivity index (χ1v) is 6.36. The molecule has 0 fully saturated rings. The summed E-state index contributed by atoms with van der Waals surface area (Å²) in [6.07, 6.45) is 6.51. The van der Waals surface area contributed by atoms with Gasteiger partial charge in [0, 0.05) is 11.6 Å². The molecule has 0 bridgehead atoms. The van der Waals surface area contributed by atoms with Gasteiger partial charge >= 0.3 is 0 Å². The number of aliphatic hydroxyl groups excluding tert-OH is 1. The topological polar surface area (TPSA) is 46.5 Å². The van der Waals surface area contributed by atoms with Crippen LogP contribution < -0.4 is 4.74 Å². The smallest absolute Gasteiger partial charge is 0.189 e. The Morgan fingerprint density at radius 3 is 2.89 bits per heavy atom. The molecule has 1 aromatic carbocycles. The van der Waals surface area contributed by atoms with Crippen LogP contribution in [0.5, 0.6) is 5.75 Å². The van der Waals surface area contributed by atoms with Gasteiger partial charge in [-0.1, -0.05) is 38.3 Å².